The molecule has 3 N–H and O–H groups in total. The molecule has 0 spiro atoms. The van der Waals surface area contributed by atoms with Crippen LogP contribution in [0.4, 0.5) is 0 Å². The molecule has 0 amide bonds. The number of carbonyl (C=O) groups is 1. The first-order valence-electron chi connectivity index (χ1n) is 12.8. The Morgan fingerprint density at radius 1 is 1.06 bits per heavy atom. The number of hydrogen-bond acceptors (Lipinski definition) is 5. The number of esters is 1. The molecule has 5 nitrogen and oxygen atoms in total. The monoisotopic (exact) mass is 436 g/mol. The molecule has 0 aromatic heterocycles. The van der Waals surface area contributed by atoms with E-state index >= 15 is 0 Å². The predicted octanol–water partition coefficient (Wildman–Crippen LogP) is 3.93. The van der Waals surface area contributed by atoms with Crippen LogP contribution in [0.5, 0.6) is 0 Å². The Hall–Kier alpha value is -0.650. The van der Waals surface area contributed by atoms with E-state index < -0.39 is 0 Å². The van der Waals surface area contributed by atoms with E-state index in [0.29, 0.717) is 42.6 Å². The van der Waals surface area contributed by atoms with E-state index in [1.54, 1.807) is 0 Å². The molecule has 11 atom stereocenters. The van der Waals surface area contributed by atoms with Gasteiger partial charge in [-0.2, -0.15) is 0 Å². The van der Waals surface area contributed by atoms with Crippen molar-refractivity contribution in [2.75, 3.05) is 6.61 Å². The fourth-order valence-electron chi connectivity index (χ4n) is 8.91. The molecule has 5 heteroatoms. The van der Waals surface area contributed by atoms with Gasteiger partial charge in [-0.25, -0.2) is 0 Å². The lowest BCUT2D eigenvalue weighted by molar-refractivity contribution is -0.207. The van der Waals surface area contributed by atoms with Crippen LogP contribution in [-0.4, -0.2) is 46.2 Å². The van der Waals surface area contributed by atoms with Gasteiger partial charge in [0.05, 0.1) is 24.9 Å². The van der Waals surface area contributed by atoms with E-state index in [-0.39, 0.29) is 41.0 Å². The smallest absolute Gasteiger partial charge is 0.305 e. The minimum atomic E-state index is -0.370. The second-order valence-corrected chi connectivity index (χ2v) is 11.8. The Kier molecular flexibility index (Phi) is 6.53. The van der Waals surface area contributed by atoms with E-state index in [9.17, 15) is 20.1 Å². The second kappa shape index (κ2) is 8.61. The average Bonchev–Trinajstić information content (AvgIpc) is 3.07. The molecule has 0 bridgehead atoms. The molecule has 4 aliphatic carbocycles. The van der Waals surface area contributed by atoms with Gasteiger partial charge in [-0.1, -0.05) is 20.8 Å². The van der Waals surface area contributed by atoms with E-state index in [1.165, 1.54) is 0 Å². The fourth-order valence-corrected chi connectivity index (χ4v) is 8.91. The van der Waals surface area contributed by atoms with Crippen LogP contribution in [0.3, 0.4) is 0 Å². The van der Waals surface area contributed by atoms with Crippen LogP contribution < -0.4 is 0 Å². The first-order valence-corrected chi connectivity index (χ1v) is 12.8. The molecule has 0 aromatic rings. The van der Waals surface area contributed by atoms with E-state index in [0.717, 1.165) is 51.4 Å². The van der Waals surface area contributed by atoms with Crippen LogP contribution in [0.25, 0.3) is 0 Å². The highest BCUT2D eigenvalue weighted by atomic mass is 16.5. The summed E-state index contributed by atoms with van der Waals surface area (Å²) in [5.41, 5.74) is -0.0906. The summed E-state index contributed by atoms with van der Waals surface area (Å²) in [6.45, 7) is 9.13. The molecule has 0 radical (unpaired) electrons. The molecule has 178 valence electrons. The maximum atomic E-state index is 11.9. The molecule has 4 fully saturated rings. The molecule has 4 saturated carbocycles. The van der Waals surface area contributed by atoms with Gasteiger partial charge < -0.3 is 20.1 Å². The summed E-state index contributed by atoms with van der Waals surface area (Å²) in [5.74, 6) is 1.84. The van der Waals surface area contributed by atoms with Crippen molar-refractivity contribution in [1.29, 1.82) is 0 Å². The third-order valence-corrected chi connectivity index (χ3v) is 10.6. The quantitative estimate of drug-likeness (QED) is 0.569. The SMILES string of the molecule is CCOC(=O)CC[C@H](C)[C@@H]1CC[C@@H]2[C@H]3[C@H](O)C[C@H]4C[C@@H](O)CC[C@]4(C)[C@@H]3C[C@@H](O)[C@]21C. The Bertz CT molecular complexity index is 666. The van der Waals surface area contributed by atoms with Crippen LogP contribution in [0.2, 0.25) is 0 Å². The van der Waals surface area contributed by atoms with Gasteiger partial charge in [0.2, 0.25) is 0 Å². The molecule has 0 unspecified atom stereocenters. The summed E-state index contributed by atoms with van der Waals surface area (Å²) in [7, 11) is 0. The van der Waals surface area contributed by atoms with E-state index in [4.69, 9.17) is 4.74 Å². The van der Waals surface area contributed by atoms with Crippen molar-refractivity contribution in [3.05, 3.63) is 0 Å². The molecule has 4 aliphatic rings. The van der Waals surface area contributed by atoms with Crippen molar-refractivity contribution >= 4 is 5.97 Å². The largest absolute Gasteiger partial charge is 0.466 e. The van der Waals surface area contributed by atoms with Crippen LogP contribution in [0.15, 0.2) is 0 Å². The summed E-state index contributed by atoms with van der Waals surface area (Å²) in [4.78, 5) is 11.9. The Labute approximate surface area is 187 Å². The van der Waals surface area contributed by atoms with Gasteiger partial charge >= 0.3 is 5.97 Å². The predicted molar refractivity (Wildman–Crippen MR) is 119 cm³/mol. The highest BCUT2D eigenvalue weighted by molar-refractivity contribution is 5.69. The van der Waals surface area contributed by atoms with Crippen molar-refractivity contribution < 1.29 is 24.9 Å². The molecule has 0 aliphatic heterocycles. The van der Waals surface area contributed by atoms with Crippen molar-refractivity contribution in [3.63, 3.8) is 0 Å². The molecule has 0 saturated heterocycles. The summed E-state index contributed by atoms with van der Waals surface area (Å²) < 4.78 is 5.12. The van der Waals surface area contributed by atoms with E-state index in [1.807, 2.05) is 6.92 Å². The summed E-state index contributed by atoms with van der Waals surface area (Å²) in [5, 5.41) is 33.1. The summed E-state index contributed by atoms with van der Waals surface area (Å²) in [6.07, 6.45) is 6.62. The minimum Gasteiger partial charge on any atom is -0.466 e. The van der Waals surface area contributed by atoms with Crippen molar-refractivity contribution in [2.24, 2.45) is 46.3 Å². The lowest BCUT2D eigenvalue weighted by Gasteiger charge is -2.63. The highest BCUT2D eigenvalue weighted by Gasteiger charge is 2.65. The normalized spacial score (nSPS) is 50.2. The van der Waals surface area contributed by atoms with Crippen molar-refractivity contribution in [2.45, 2.75) is 104 Å². The molecule has 0 aromatic carbocycles. The second-order valence-electron chi connectivity index (χ2n) is 11.8. The maximum absolute atomic E-state index is 11.9. The third-order valence-electron chi connectivity index (χ3n) is 10.6. The number of rotatable bonds is 5. The molecule has 4 rings (SSSR count). The van der Waals surface area contributed by atoms with Crippen LogP contribution in [0, 0.1) is 46.3 Å². The zero-order chi connectivity index (χ0) is 22.6. The molecular weight excluding hydrogens is 392 g/mol. The first kappa shape index (κ1) is 23.5. The standard InChI is InChI=1S/C26H44O5/c1-5-31-23(30)9-6-15(2)18-7-8-19-24-20(14-22(29)26(18,19)4)25(3)11-10-17(27)12-16(25)13-21(24)28/h15-22,24,27-29H,5-14H2,1-4H3/t15-,16+,17-,18-,19+,20+,21+,22+,24+,25-,26-/m0/s1. The van der Waals surface area contributed by atoms with Gasteiger partial charge in [0, 0.05) is 6.42 Å². The van der Waals surface area contributed by atoms with E-state index in [2.05, 4.69) is 20.8 Å². The zero-order valence-electron chi connectivity index (χ0n) is 19.9. The van der Waals surface area contributed by atoms with Crippen LogP contribution in [0.1, 0.15) is 85.5 Å². The fraction of sp³-hybridized carbons (Fsp3) is 0.962. The first-order chi connectivity index (χ1) is 14.6. The Morgan fingerprint density at radius 3 is 2.52 bits per heavy atom. The number of aliphatic hydroxyl groups is 3. The van der Waals surface area contributed by atoms with Gasteiger partial charge in [-0.15, -0.1) is 0 Å². The van der Waals surface area contributed by atoms with Crippen LogP contribution in [-0.2, 0) is 9.53 Å². The topological polar surface area (TPSA) is 87.0 Å². The molecule has 31 heavy (non-hydrogen) atoms. The number of aliphatic hydroxyl groups excluding tert-OH is 3. The van der Waals surface area contributed by atoms with Crippen molar-refractivity contribution in [1.82, 2.24) is 0 Å². The van der Waals surface area contributed by atoms with Crippen molar-refractivity contribution in [3.8, 4) is 0 Å². The number of hydrogen-bond donors (Lipinski definition) is 3. The molecular formula is C26H44O5. The summed E-state index contributed by atoms with van der Waals surface area (Å²) >= 11 is 0. The van der Waals surface area contributed by atoms with Gasteiger partial charge in [-0.3, -0.25) is 4.79 Å². The highest BCUT2D eigenvalue weighted by Crippen LogP contribution is 2.68. The third kappa shape index (κ3) is 3.77. The number of fused-ring (bicyclic) bond motifs is 5. The van der Waals surface area contributed by atoms with Gasteiger partial charge in [0.15, 0.2) is 0 Å². The number of carbonyl (C=O) groups excluding carboxylic acids is 1. The Morgan fingerprint density at radius 2 is 1.81 bits per heavy atom. The van der Waals surface area contributed by atoms with Gasteiger partial charge in [-0.05, 0) is 105 Å². The maximum Gasteiger partial charge on any atom is 0.305 e. The Balaban J connectivity index is 1.54. The van der Waals surface area contributed by atoms with Gasteiger partial charge in [0.25, 0.3) is 0 Å². The lowest BCUT2D eigenvalue weighted by Crippen LogP contribution is -2.62. The summed E-state index contributed by atoms with van der Waals surface area (Å²) in [6, 6.07) is 0. The molecule has 0 heterocycles. The lowest BCUT2D eigenvalue weighted by atomic mass is 9.43. The average molecular weight is 437 g/mol. The zero-order valence-corrected chi connectivity index (χ0v) is 19.9. The number of ether oxygens (including phenoxy) is 1. The minimum absolute atomic E-state index is 0.110. The van der Waals surface area contributed by atoms with Gasteiger partial charge in [0.1, 0.15) is 0 Å². The van der Waals surface area contributed by atoms with Crippen LogP contribution >= 0.6 is 0 Å².